The lowest BCUT2D eigenvalue weighted by Gasteiger charge is -2.20. The summed E-state index contributed by atoms with van der Waals surface area (Å²) in [7, 11) is 0. The standard InChI is InChI=1S/C27H29N3O2S/c1-4-5-6-14-32-23-11-9-22(10-12-23)26(31)30(18-21-8-7-13-28-17-21)27-29-25-20(3)15-19(2)16-24(25)33-27/h7-13,15-17H,4-6,14,18H2,1-3H3. The fraction of sp³-hybridized carbons (Fsp3) is 0.296. The molecule has 2 aromatic heterocycles. The number of benzene rings is 2. The van der Waals surface area contributed by atoms with Crippen molar-refractivity contribution in [2.75, 3.05) is 11.5 Å². The Labute approximate surface area is 199 Å². The quantitative estimate of drug-likeness (QED) is 0.261. The summed E-state index contributed by atoms with van der Waals surface area (Å²) in [6.45, 7) is 7.41. The summed E-state index contributed by atoms with van der Waals surface area (Å²) in [6, 6.07) is 15.5. The highest BCUT2D eigenvalue weighted by atomic mass is 32.1. The van der Waals surface area contributed by atoms with Crippen molar-refractivity contribution >= 4 is 32.6 Å². The van der Waals surface area contributed by atoms with Crippen molar-refractivity contribution in [3.63, 3.8) is 0 Å². The van der Waals surface area contributed by atoms with E-state index in [1.165, 1.54) is 5.56 Å². The van der Waals surface area contributed by atoms with Gasteiger partial charge in [-0.05, 0) is 73.4 Å². The van der Waals surface area contributed by atoms with Crippen LogP contribution in [0.5, 0.6) is 5.75 Å². The highest BCUT2D eigenvalue weighted by Crippen LogP contribution is 2.33. The summed E-state index contributed by atoms with van der Waals surface area (Å²) >= 11 is 1.54. The minimum Gasteiger partial charge on any atom is -0.494 e. The lowest BCUT2D eigenvalue weighted by atomic mass is 10.1. The summed E-state index contributed by atoms with van der Waals surface area (Å²) in [5.41, 5.74) is 4.81. The fourth-order valence-corrected chi connectivity index (χ4v) is 4.91. The van der Waals surface area contributed by atoms with Gasteiger partial charge in [0.25, 0.3) is 5.91 Å². The van der Waals surface area contributed by atoms with Crippen LogP contribution in [-0.2, 0) is 6.54 Å². The van der Waals surface area contributed by atoms with Crippen LogP contribution in [0.25, 0.3) is 10.2 Å². The Hall–Kier alpha value is -3.25. The zero-order valence-electron chi connectivity index (χ0n) is 19.4. The van der Waals surface area contributed by atoms with E-state index in [0.717, 1.165) is 46.4 Å². The summed E-state index contributed by atoms with van der Waals surface area (Å²) in [5, 5.41) is 0.687. The lowest BCUT2D eigenvalue weighted by molar-refractivity contribution is 0.0985. The maximum Gasteiger partial charge on any atom is 0.260 e. The van der Waals surface area contributed by atoms with E-state index in [1.807, 2.05) is 36.4 Å². The van der Waals surface area contributed by atoms with Crippen molar-refractivity contribution in [3.05, 3.63) is 83.2 Å². The van der Waals surface area contributed by atoms with Gasteiger partial charge in [0.1, 0.15) is 5.75 Å². The van der Waals surface area contributed by atoms with E-state index in [0.29, 0.717) is 23.8 Å². The number of hydrogen-bond acceptors (Lipinski definition) is 5. The third-order valence-electron chi connectivity index (χ3n) is 5.48. The minimum absolute atomic E-state index is 0.0928. The molecule has 0 fully saturated rings. The van der Waals surface area contributed by atoms with Crippen LogP contribution in [0.4, 0.5) is 5.13 Å². The van der Waals surface area contributed by atoms with Gasteiger partial charge in [0.15, 0.2) is 5.13 Å². The monoisotopic (exact) mass is 459 g/mol. The molecule has 0 aliphatic heterocycles. The number of pyridine rings is 1. The molecule has 0 N–H and O–H groups in total. The first kappa shape index (κ1) is 22.9. The molecule has 33 heavy (non-hydrogen) atoms. The Morgan fingerprint density at radius 1 is 1.09 bits per heavy atom. The van der Waals surface area contributed by atoms with E-state index in [-0.39, 0.29) is 5.91 Å². The number of unbranched alkanes of at least 4 members (excludes halogenated alkanes) is 2. The molecule has 2 aromatic carbocycles. The average Bonchev–Trinajstić information content (AvgIpc) is 3.25. The van der Waals surface area contributed by atoms with Crippen LogP contribution >= 0.6 is 11.3 Å². The van der Waals surface area contributed by atoms with Gasteiger partial charge in [0.05, 0.1) is 23.4 Å². The third kappa shape index (κ3) is 5.57. The molecule has 0 aliphatic rings. The molecule has 0 saturated heterocycles. The van der Waals surface area contributed by atoms with Crippen molar-refractivity contribution in [3.8, 4) is 5.75 Å². The van der Waals surface area contributed by atoms with Crippen LogP contribution in [0, 0.1) is 13.8 Å². The van der Waals surface area contributed by atoms with Gasteiger partial charge >= 0.3 is 0 Å². The highest BCUT2D eigenvalue weighted by Gasteiger charge is 2.22. The SMILES string of the molecule is CCCCCOc1ccc(C(=O)N(Cc2cccnc2)c2nc3c(C)cc(C)cc3s2)cc1. The molecule has 0 atom stereocenters. The van der Waals surface area contributed by atoms with Crippen molar-refractivity contribution < 1.29 is 9.53 Å². The molecule has 0 bridgehead atoms. The molecule has 4 aromatic rings. The van der Waals surface area contributed by atoms with Gasteiger partial charge in [-0.25, -0.2) is 4.98 Å². The number of nitrogens with zero attached hydrogens (tertiary/aromatic N) is 3. The first-order chi connectivity index (χ1) is 16.0. The number of fused-ring (bicyclic) bond motifs is 1. The molecule has 0 radical (unpaired) electrons. The number of aryl methyl sites for hydroxylation is 2. The molecule has 0 spiro atoms. The third-order valence-corrected chi connectivity index (χ3v) is 6.50. The maximum atomic E-state index is 13.6. The van der Waals surface area contributed by atoms with E-state index in [4.69, 9.17) is 9.72 Å². The van der Waals surface area contributed by atoms with Crippen LogP contribution in [0.3, 0.4) is 0 Å². The van der Waals surface area contributed by atoms with Crippen LogP contribution < -0.4 is 9.64 Å². The second-order valence-electron chi connectivity index (χ2n) is 8.26. The number of ether oxygens (including phenoxy) is 1. The summed E-state index contributed by atoms with van der Waals surface area (Å²) in [5.74, 6) is 0.692. The number of rotatable bonds is 9. The van der Waals surface area contributed by atoms with Crippen LogP contribution in [-0.4, -0.2) is 22.5 Å². The van der Waals surface area contributed by atoms with Crippen LogP contribution in [0.15, 0.2) is 60.9 Å². The van der Waals surface area contributed by atoms with Crippen LogP contribution in [0.1, 0.15) is 53.2 Å². The zero-order chi connectivity index (χ0) is 23.2. The number of carbonyl (C=O) groups is 1. The van der Waals surface area contributed by atoms with E-state index in [9.17, 15) is 4.79 Å². The molecular weight excluding hydrogens is 430 g/mol. The van der Waals surface area contributed by atoms with Crippen LogP contribution in [0.2, 0.25) is 0 Å². The molecule has 5 nitrogen and oxygen atoms in total. The van der Waals surface area contributed by atoms with E-state index < -0.39 is 0 Å². The number of anilines is 1. The molecule has 1 amide bonds. The Bertz CT molecular complexity index is 1220. The van der Waals surface area contributed by atoms with Gasteiger partial charge in [-0.3, -0.25) is 14.7 Å². The second kappa shape index (κ2) is 10.6. The zero-order valence-corrected chi connectivity index (χ0v) is 20.2. The smallest absolute Gasteiger partial charge is 0.260 e. The van der Waals surface area contributed by atoms with E-state index in [2.05, 4.69) is 37.9 Å². The highest BCUT2D eigenvalue weighted by molar-refractivity contribution is 7.22. The molecule has 6 heteroatoms. The van der Waals surface area contributed by atoms with E-state index in [1.54, 1.807) is 28.6 Å². The molecular formula is C27H29N3O2S. The number of carbonyl (C=O) groups excluding carboxylic acids is 1. The predicted molar refractivity (Wildman–Crippen MR) is 135 cm³/mol. The van der Waals surface area contributed by atoms with Crippen molar-refractivity contribution in [1.29, 1.82) is 0 Å². The maximum absolute atomic E-state index is 13.6. The molecule has 0 unspecified atom stereocenters. The minimum atomic E-state index is -0.0928. The van der Waals surface area contributed by atoms with Crippen molar-refractivity contribution in [2.24, 2.45) is 0 Å². The molecule has 170 valence electrons. The van der Waals surface area contributed by atoms with Gasteiger partial charge in [0.2, 0.25) is 0 Å². The summed E-state index contributed by atoms with van der Waals surface area (Å²) in [6.07, 6.45) is 6.87. The number of amides is 1. The first-order valence-electron chi connectivity index (χ1n) is 11.4. The van der Waals surface area contributed by atoms with Crippen molar-refractivity contribution in [1.82, 2.24) is 9.97 Å². The van der Waals surface area contributed by atoms with E-state index >= 15 is 0 Å². The Morgan fingerprint density at radius 3 is 2.64 bits per heavy atom. The number of aromatic nitrogens is 2. The number of hydrogen-bond donors (Lipinski definition) is 0. The number of thiazole rings is 1. The first-order valence-corrected chi connectivity index (χ1v) is 12.2. The summed E-state index contributed by atoms with van der Waals surface area (Å²) < 4.78 is 6.89. The molecule has 2 heterocycles. The van der Waals surface area contributed by atoms with Crippen molar-refractivity contribution in [2.45, 2.75) is 46.6 Å². The fourth-order valence-electron chi connectivity index (χ4n) is 3.77. The molecule has 0 aliphatic carbocycles. The topological polar surface area (TPSA) is 55.3 Å². The predicted octanol–water partition coefficient (Wildman–Crippen LogP) is 6.72. The normalized spacial score (nSPS) is 11.0. The second-order valence-corrected chi connectivity index (χ2v) is 9.27. The van der Waals surface area contributed by atoms with Gasteiger partial charge in [-0.2, -0.15) is 0 Å². The Kier molecular flexibility index (Phi) is 7.35. The Balaban J connectivity index is 1.62. The molecule has 4 rings (SSSR count). The van der Waals surface area contributed by atoms with Gasteiger partial charge < -0.3 is 4.74 Å². The van der Waals surface area contributed by atoms with Gasteiger partial charge in [0, 0.05) is 18.0 Å². The average molecular weight is 460 g/mol. The van der Waals surface area contributed by atoms with Gasteiger partial charge in [-0.15, -0.1) is 0 Å². The molecule has 0 saturated carbocycles. The van der Waals surface area contributed by atoms with Gasteiger partial charge in [-0.1, -0.05) is 43.2 Å². The summed E-state index contributed by atoms with van der Waals surface area (Å²) in [4.78, 5) is 24.4. The Morgan fingerprint density at radius 2 is 1.91 bits per heavy atom. The largest absolute Gasteiger partial charge is 0.494 e. The lowest BCUT2D eigenvalue weighted by Crippen LogP contribution is -2.30.